The zero-order chi connectivity index (χ0) is 21.3. The van der Waals surface area contributed by atoms with Crippen LogP contribution in [0.3, 0.4) is 0 Å². The fourth-order valence-corrected chi connectivity index (χ4v) is 2.99. The summed E-state index contributed by atoms with van der Waals surface area (Å²) in [6.07, 6.45) is -3.76. The minimum Gasteiger partial charge on any atom is -0.439 e. The molecule has 0 bridgehead atoms. The van der Waals surface area contributed by atoms with Gasteiger partial charge in [-0.3, -0.25) is 9.59 Å². The number of hydrogen-bond acceptors (Lipinski definition) is 5. The molecule has 0 unspecified atom stereocenters. The first-order valence-corrected chi connectivity index (χ1v) is 8.97. The molecule has 1 N–H and O–H groups in total. The SMILES string of the molecule is O=C1CN(C(=O)c2ccc3cc(Oc4ccc(C(F)(F)F)cn4)ccc3n2)CCN1. The highest BCUT2D eigenvalue weighted by atomic mass is 19.4. The predicted octanol–water partition coefficient (Wildman–Crippen LogP) is 3.01. The summed E-state index contributed by atoms with van der Waals surface area (Å²) in [5, 5.41) is 3.33. The minimum atomic E-state index is -4.46. The molecule has 154 valence electrons. The summed E-state index contributed by atoms with van der Waals surface area (Å²) < 4.78 is 43.4. The fraction of sp³-hybridized carbons (Fsp3) is 0.200. The molecular weight excluding hydrogens is 401 g/mol. The lowest BCUT2D eigenvalue weighted by Gasteiger charge is -2.26. The van der Waals surface area contributed by atoms with Gasteiger partial charge in [0, 0.05) is 30.7 Å². The topological polar surface area (TPSA) is 84.4 Å². The summed E-state index contributed by atoms with van der Waals surface area (Å²) in [4.78, 5) is 33.5. The second kappa shape index (κ2) is 7.62. The molecule has 1 aliphatic rings. The average Bonchev–Trinajstić information content (AvgIpc) is 2.72. The first-order valence-electron chi connectivity index (χ1n) is 8.97. The van der Waals surface area contributed by atoms with E-state index < -0.39 is 11.7 Å². The summed E-state index contributed by atoms with van der Waals surface area (Å²) in [5.74, 6) is -0.163. The molecule has 3 aromatic rings. The highest BCUT2D eigenvalue weighted by Crippen LogP contribution is 2.30. The highest BCUT2D eigenvalue weighted by Gasteiger charge is 2.30. The van der Waals surface area contributed by atoms with Gasteiger partial charge < -0.3 is 15.0 Å². The molecule has 2 aromatic heterocycles. The normalized spacial score (nSPS) is 14.5. The largest absolute Gasteiger partial charge is 0.439 e. The highest BCUT2D eigenvalue weighted by molar-refractivity contribution is 5.97. The molecule has 3 heterocycles. The summed E-state index contributed by atoms with van der Waals surface area (Å²) in [6, 6.07) is 10.1. The number of pyridine rings is 2. The zero-order valence-electron chi connectivity index (χ0n) is 15.4. The molecule has 0 aliphatic carbocycles. The number of carbonyl (C=O) groups excluding carboxylic acids is 2. The quantitative estimate of drug-likeness (QED) is 0.710. The number of nitrogens with zero attached hydrogens (tertiary/aromatic N) is 3. The lowest BCUT2D eigenvalue weighted by atomic mass is 10.2. The van der Waals surface area contributed by atoms with Crippen LogP contribution in [0.4, 0.5) is 13.2 Å². The average molecular weight is 416 g/mol. The molecule has 1 aliphatic heterocycles. The van der Waals surface area contributed by atoms with Crippen molar-refractivity contribution in [2.45, 2.75) is 6.18 Å². The van der Waals surface area contributed by atoms with E-state index in [1.807, 2.05) is 0 Å². The van der Waals surface area contributed by atoms with Gasteiger partial charge in [-0.05, 0) is 30.3 Å². The Morgan fingerprint density at radius 2 is 1.97 bits per heavy atom. The Bertz CT molecular complexity index is 1120. The number of hydrogen-bond donors (Lipinski definition) is 1. The number of ether oxygens (including phenoxy) is 1. The molecule has 0 radical (unpaired) electrons. The van der Waals surface area contributed by atoms with Crippen molar-refractivity contribution in [1.29, 1.82) is 0 Å². The van der Waals surface area contributed by atoms with Gasteiger partial charge in [0.15, 0.2) is 0 Å². The van der Waals surface area contributed by atoms with Gasteiger partial charge in [-0.15, -0.1) is 0 Å². The van der Waals surface area contributed by atoms with Crippen molar-refractivity contribution in [3.63, 3.8) is 0 Å². The second-order valence-electron chi connectivity index (χ2n) is 6.61. The van der Waals surface area contributed by atoms with Gasteiger partial charge in [-0.1, -0.05) is 6.07 Å². The van der Waals surface area contributed by atoms with Gasteiger partial charge >= 0.3 is 6.18 Å². The third kappa shape index (κ3) is 4.17. The fourth-order valence-electron chi connectivity index (χ4n) is 2.99. The molecule has 30 heavy (non-hydrogen) atoms. The van der Waals surface area contributed by atoms with Crippen molar-refractivity contribution < 1.29 is 27.5 Å². The van der Waals surface area contributed by atoms with Crippen molar-refractivity contribution >= 4 is 22.7 Å². The van der Waals surface area contributed by atoms with Gasteiger partial charge in [-0.2, -0.15) is 13.2 Å². The maximum Gasteiger partial charge on any atom is 0.417 e. The second-order valence-corrected chi connectivity index (χ2v) is 6.61. The molecule has 0 saturated carbocycles. The zero-order valence-corrected chi connectivity index (χ0v) is 15.4. The van der Waals surface area contributed by atoms with Crippen LogP contribution in [0, 0.1) is 0 Å². The Hall–Kier alpha value is -3.69. The van der Waals surface area contributed by atoms with Crippen molar-refractivity contribution in [1.82, 2.24) is 20.2 Å². The molecular formula is C20H15F3N4O3. The number of nitrogens with one attached hydrogen (secondary N) is 1. The summed E-state index contributed by atoms with van der Waals surface area (Å²) >= 11 is 0. The smallest absolute Gasteiger partial charge is 0.417 e. The molecule has 10 heteroatoms. The van der Waals surface area contributed by atoms with E-state index in [0.717, 1.165) is 12.1 Å². The van der Waals surface area contributed by atoms with Gasteiger partial charge in [-0.25, -0.2) is 9.97 Å². The summed E-state index contributed by atoms with van der Waals surface area (Å²) in [7, 11) is 0. The van der Waals surface area contributed by atoms with Crippen molar-refractivity contribution in [3.05, 3.63) is 59.9 Å². The maximum atomic E-state index is 12.6. The molecule has 2 amide bonds. The van der Waals surface area contributed by atoms with Gasteiger partial charge in [0.05, 0.1) is 17.6 Å². The van der Waals surface area contributed by atoms with Crippen LogP contribution in [0.1, 0.15) is 16.1 Å². The lowest BCUT2D eigenvalue weighted by molar-refractivity contribution is -0.137. The summed E-state index contributed by atoms with van der Waals surface area (Å²) in [5.41, 5.74) is -0.105. The van der Waals surface area contributed by atoms with Gasteiger partial charge in [0.25, 0.3) is 5.91 Å². The van der Waals surface area contributed by atoms with Crippen LogP contribution in [-0.2, 0) is 11.0 Å². The van der Waals surface area contributed by atoms with Crippen LogP contribution in [0.2, 0.25) is 0 Å². The number of piperazine rings is 1. The number of rotatable bonds is 3. The van der Waals surface area contributed by atoms with Crippen molar-refractivity contribution in [3.8, 4) is 11.6 Å². The number of aromatic nitrogens is 2. The van der Waals surface area contributed by atoms with Crippen molar-refractivity contribution in [2.24, 2.45) is 0 Å². The Labute approximate surface area is 168 Å². The number of halogens is 3. The maximum absolute atomic E-state index is 12.6. The van der Waals surface area contributed by atoms with E-state index in [1.54, 1.807) is 30.3 Å². The van der Waals surface area contributed by atoms with E-state index in [4.69, 9.17) is 4.74 Å². The van der Waals surface area contributed by atoms with Gasteiger partial charge in [0.1, 0.15) is 11.4 Å². The van der Waals surface area contributed by atoms with Crippen LogP contribution in [0.15, 0.2) is 48.7 Å². The minimum absolute atomic E-state index is 0.00848. The third-order valence-electron chi connectivity index (χ3n) is 4.49. The van der Waals surface area contributed by atoms with Crippen LogP contribution in [0.5, 0.6) is 11.6 Å². The predicted molar refractivity (Wildman–Crippen MR) is 100.0 cm³/mol. The van der Waals surface area contributed by atoms with Crippen LogP contribution < -0.4 is 10.1 Å². The van der Waals surface area contributed by atoms with Crippen molar-refractivity contribution in [2.75, 3.05) is 19.6 Å². The molecule has 0 atom stereocenters. The van der Waals surface area contributed by atoms with E-state index in [-0.39, 0.29) is 29.9 Å². The number of benzene rings is 1. The van der Waals surface area contributed by atoms with Crippen LogP contribution in [0.25, 0.3) is 10.9 Å². The van der Waals surface area contributed by atoms with Gasteiger partial charge in [0.2, 0.25) is 11.8 Å². The molecule has 7 nitrogen and oxygen atoms in total. The molecule has 1 aromatic carbocycles. The Kier molecular flexibility index (Phi) is 4.98. The monoisotopic (exact) mass is 416 g/mol. The van der Waals surface area contributed by atoms with E-state index in [0.29, 0.717) is 35.9 Å². The number of carbonyl (C=O) groups is 2. The van der Waals surface area contributed by atoms with Crippen LogP contribution >= 0.6 is 0 Å². The molecule has 0 spiro atoms. The Morgan fingerprint density at radius 1 is 1.13 bits per heavy atom. The number of alkyl halides is 3. The molecule has 4 rings (SSSR count). The van der Waals surface area contributed by atoms with E-state index in [9.17, 15) is 22.8 Å². The first-order chi connectivity index (χ1) is 14.3. The first kappa shape index (κ1) is 19.6. The number of fused-ring (bicyclic) bond motifs is 1. The standard InChI is InChI=1S/C20H15F3N4O3/c21-20(22,23)13-2-6-18(25-10-13)30-14-3-5-15-12(9-14)1-4-16(26-15)19(29)27-8-7-24-17(28)11-27/h1-6,9-10H,7-8,11H2,(H,24,28). The molecule has 1 fully saturated rings. The van der Waals surface area contributed by atoms with Crippen LogP contribution in [-0.4, -0.2) is 46.3 Å². The Morgan fingerprint density at radius 3 is 2.67 bits per heavy atom. The molecule has 1 saturated heterocycles. The third-order valence-corrected chi connectivity index (χ3v) is 4.49. The number of amides is 2. The van der Waals surface area contributed by atoms with E-state index in [2.05, 4.69) is 15.3 Å². The summed E-state index contributed by atoms with van der Waals surface area (Å²) in [6.45, 7) is 0.805. The van der Waals surface area contributed by atoms with E-state index in [1.165, 1.54) is 4.90 Å². The lowest BCUT2D eigenvalue weighted by Crippen LogP contribution is -2.50. The Balaban J connectivity index is 1.51. The van der Waals surface area contributed by atoms with E-state index >= 15 is 0 Å².